The quantitative estimate of drug-likeness (QED) is 0.175. The molecule has 0 fully saturated rings. The van der Waals surface area contributed by atoms with E-state index >= 15 is 0 Å². The lowest BCUT2D eigenvalue weighted by Gasteiger charge is -2.17. The SMILES string of the molecule is c1ccc2c(-c3ccc4ccccc4c3-c3nc(-c4ccc(-c5cccc6ccccc56)c5ccccc45)nc(-c4cccc5c4sc4ccccc45)n3)cccc2c1. The fourth-order valence-electron chi connectivity index (χ4n) is 9.04. The Labute approximate surface area is 344 Å². The fourth-order valence-corrected chi connectivity index (χ4v) is 10.2. The lowest BCUT2D eigenvalue weighted by Crippen LogP contribution is -2.02. The van der Waals surface area contributed by atoms with E-state index in [9.17, 15) is 0 Å². The number of hydrogen-bond donors (Lipinski definition) is 0. The van der Waals surface area contributed by atoms with Crippen molar-refractivity contribution in [3.05, 3.63) is 200 Å². The summed E-state index contributed by atoms with van der Waals surface area (Å²) in [4.78, 5) is 16.5. The Morgan fingerprint density at radius 3 is 1.39 bits per heavy atom. The van der Waals surface area contributed by atoms with Crippen molar-refractivity contribution >= 4 is 74.6 Å². The second-order valence-electron chi connectivity index (χ2n) is 15.1. The Bertz CT molecular complexity index is 3630. The van der Waals surface area contributed by atoms with Gasteiger partial charge in [0.15, 0.2) is 17.5 Å². The molecule has 0 aliphatic heterocycles. The summed E-state index contributed by atoms with van der Waals surface area (Å²) in [6, 6.07) is 71.6. The van der Waals surface area contributed by atoms with E-state index < -0.39 is 0 Å². The highest BCUT2D eigenvalue weighted by Crippen LogP contribution is 2.44. The van der Waals surface area contributed by atoms with Gasteiger partial charge in [-0.1, -0.05) is 182 Å². The molecule has 10 aromatic carbocycles. The number of rotatable bonds is 5. The van der Waals surface area contributed by atoms with Crippen LogP contribution in [0.25, 0.3) is 120 Å². The minimum atomic E-state index is 0.639. The summed E-state index contributed by atoms with van der Waals surface area (Å²) in [5, 5.41) is 11.7. The molecule has 0 radical (unpaired) electrons. The van der Waals surface area contributed by atoms with Crippen LogP contribution in [0.5, 0.6) is 0 Å². The van der Waals surface area contributed by atoms with Crippen LogP contribution in [0, 0.1) is 0 Å². The molecule has 0 saturated heterocycles. The standard InChI is InChI=1S/C55H33N3S/c1-4-19-37-34(14-1)17-11-25-40(37)44-32-33-48(43-23-8-7-22-42(43)44)53-56-54(49-28-13-27-47-45-24-9-10-29-50(45)59-52(47)49)58-55(57-53)51-39-21-6-3-16-36(39)30-31-46(51)41-26-12-18-35-15-2-5-20-38(35)41/h1-33H. The van der Waals surface area contributed by atoms with Crippen LogP contribution in [0.3, 0.4) is 0 Å². The van der Waals surface area contributed by atoms with E-state index in [0.717, 1.165) is 49.4 Å². The molecular formula is C55H33N3S. The van der Waals surface area contributed by atoms with Gasteiger partial charge in [0, 0.05) is 36.9 Å². The summed E-state index contributed by atoms with van der Waals surface area (Å²) < 4.78 is 2.41. The van der Waals surface area contributed by atoms with Crippen molar-refractivity contribution in [1.82, 2.24) is 15.0 Å². The number of aromatic nitrogens is 3. The summed E-state index contributed by atoms with van der Waals surface area (Å²) in [7, 11) is 0. The number of nitrogens with zero attached hydrogens (tertiary/aromatic N) is 3. The van der Waals surface area contributed by atoms with Gasteiger partial charge in [-0.25, -0.2) is 15.0 Å². The summed E-state index contributed by atoms with van der Waals surface area (Å²) in [5.74, 6) is 1.94. The third-order valence-corrected chi connectivity index (χ3v) is 13.0. The molecule has 3 nitrogen and oxygen atoms in total. The lowest BCUT2D eigenvalue weighted by molar-refractivity contribution is 1.08. The molecule has 0 unspecified atom stereocenters. The van der Waals surface area contributed by atoms with Crippen LogP contribution in [-0.4, -0.2) is 15.0 Å². The molecule has 0 atom stereocenters. The van der Waals surface area contributed by atoms with E-state index in [1.165, 1.54) is 52.8 Å². The van der Waals surface area contributed by atoms with E-state index in [2.05, 4.69) is 200 Å². The first-order valence-corrected chi connectivity index (χ1v) is 20.8. The molecule has 2 heterocycles. The number of hydrogen-bond acceptors (Lipinski definition) is 4. The third kappa shape index (κ3) is 5.45. The average Bonchev–Trinajstić information content (AvgIpc) is 3.69. The van der Waals surface area contributed by atoms with Crippen LogP contribution in [-0.2, 0) is 0 Å². The van der Waals surface area contributed by atoms with Crippen molar-refractivity contribution in [2.24, 2.45) is 0 Å². The van der Waals surface area contributed by atoms with E-state index in [1.807, 2.05) is 0 Å². The lowest BCUT2D eigenvalue weighted by atomic mass is 9.90. The fraction of sp³-hybridized carbons (Fsp3) is 0. The number of benzene rings is 10. The van der Waals surface area contributed by atoms with Crippen molar-refractivity contribution in [3.8, 4) is 56.4 Å². The Morgan fingerprint density at radius 1 is 0.254 bits per heavy atom. The molecule has 0 aliphatic rings. The van der Waals surface area contributed by atoms with Gasteiger partial charge in [0.2, 0.25) is 0 Å². The second kappa shape index (κ2) is 13.6. The second-order valence-corrected chi connectivity index (χ2v) is 16.1. The topological polar surface area (TPSA) is 38.7 Å². The van der Waals surface area contributed by atoms with Gasteiger partial charge < -0.3 is 0 Å². The maximum atomic E-state index is 5.52. The third-order valence-electron chi connectivity index (χ3n) is 11.8. The van der Waals surface area contributed by atoms with Gasteiger partial charge >= 0.3 is 0 Å². The highest BCUT2D eigenvalue weighted by atomic mass is 32.1. The van der Waals surface area contributed by atoms with Gasteiger partial charge in [0.25, 0.3) is 0 Å². The predicted molar refractivity (Wildman–Crippen MR) is 250 cm³/mol. The molecule has 2 aromatic heterocycles. The smallest absolute Gasteiger partial charge is 0.165 e. The molecule has 0 amide bonds. The van der Waals surface area contributed by atoms with Crippen molar-refractivity contribution in [1.29, 1.82) is 0 Å². The van der Waals surface area contributed by atoms with E-state index in [0.29, 0.717) is 17.5 Å². The largest absolute Gasteiger partial charge is 0.208 e. The molecular weight excluding hydrogens is 735 g/mol. The first-order valence-electron chi connectivity index (χ1n) is 19.9. The zero-order valence-corrected chi connectivity index (χ0v) is 32.6. The van der Waals surface area contributed by atoms with Crippen molar-refractivity contribution in [3.63, 3.8) is 0 Å². The highest BCUT2D eigenvalue weighted by molar-refractivity contribution is 7.26. The zero-order chi connectivity index (χ0) is 38.9. The van der Waals surface area contributed by atoms with Crippen LogP contribution in [0.1, 0.15) is 0 Å². The van der Waals surface area contributed by atoms with Crippen molar-refractivity contribution in [2.45, 2.75) is 0 Å². The minimum absolute atomic E-state index is 0.639. The predicted octanol–water partition coefficient (Wildman–Crippen LogP) is 15.2. The Kier molecular flexibility index (Phi) is 7.72. The Morgan fingerprint density at radius 2 is 0.678 bits per heavy atom. The van der Waals surface area contributed by atoms with Crippen molar-refractivity contribution in [2.75, 3.05) is 0 Å². The summed E-state index contributed by atoms with van der Waals surface area (Å²) in [6.07, 6.45) is 0. The van der Waals surface area contributed by atoms with Crippen LogP contribution in [0.2, 0.25) is 0 Å². The average molecular weight is 768 g/mol. The molecule has 0 bridgehead atoms. The minimum Gasteiger partial charge on any atom is -0.208 e. The van der Waals surface area contributed by atoms with Crippen LogP contribution in [0.4, 0.5) is 0 Å². The molecule has 0 N–H and O–H groups in total. The summed E-state index contributed by atoms with van der Waals surface area (Å²) in [5.41, 5.74) is 7.56. The molecule has 59 heavy (non-hydrogen) atoms. The Balaban J connectivity index is 1.17. The maximum absolute atomic E-state index is 5.52. The highest BCUT2D eigenvalue weighted by Gasteiger charge is 2.22. The monoisotopic (exact) mass is 767 g/mol. The molecule has 0 spiro atoms. The van der Waals surface area contributed by atoms with Crippen LogP contribution >= 0.6 is 11.3 Å². The maximum Gasteiger partial charge on any atom is 0.165 e. The van der Waals surface area contributed by atoms with E-state index in [-0.39, 0.29) is 0 Å². The molecule has 4 heteroatoms. The van der Waals surface area contributed by atoms with E-state index in [4.69, 9.17) is 15.0 Å². The molecule has 12 aromatic rings. The van der Waals surface area contributed by atoms with Gasteiger partial charge in [-0.2, -0.15) is 0 Å². The molecule has 0 aliphatic carbocycles. The first kappa shape index (κ1) is 33.6. The molecule has 12 rings (SSSR count). The molecule has 0 saturated carbocycles. The summed E-state index contributed by atoms with van der Waals surface area (Å²) in [6.45, 7) is 0. The number of fused-ring (bicyclic) bond motifs is 7. The normalized spacial score (nSPS) is 11.7. The van der Waals surface area contributed by atoms with Crippen LogP contribution in [0.15, 0.2) is 200 Å². The summed E-state index contributed by atoms with van der Waals surface area (Å²) >= 11 is 1.79. The van der Waals surface area contributed by atoms with Crippen LogP contribution < -0.4 is 0 Å². The van der Waals surface area contributed by atoms with Gasteiger partial charge in [0.1, 0.15) is 0 Å². The van der Waals surface area contributed by atoms with Gasteiger partial charge in [0.05, 0.1) is 0 Å². The van der Waals surface area contributed by atoms with Gasteiger partial charge in [-0.3, -0.25) is 0 Å². The van der Waals surface area contributed by atoms with Crippen molar-refractivity contribution < 1.29 is 0 Å². The first-order chi connectivity index (χ1) is 29.3. The zero-order valence-electron chi connectivity index (χ0n) is 31.8. The molecule has 274 valence electrons. The van der Waals surface area contributed by atoms with Gasteiger partial charge in [-0.15, -0.1) is 11.3 Å². The Hall–Kier alpha value is -7.53. The number of thiophene rings is 1. The van der Waals surface area contributed by atoms with Gasteiger partial charge in [-0.05, 0) is 83.5 Å². The van der Waals surface area contributed by atoms with E-state index in [1.54, 1.807) is 11.3 Å².